The van der Waals surface area contributed by atoms with Crippen LogP contribution in [-0.2, 0) is 11.3 Å². The first-order chi connectivity index (χ1) is 9.29. The van der Waals surface area contributed by atoms with Gasteiger partial charge in [0.05, 0.1) is 19.3 Å². The van der Waals surface area contributed by atoms with Gasteiger partial charge in [0.1, 0.15) is 0 Å². The van der Waals surface area contributed by atoms with E-state index in [1.54, 1.807) is 6.08 Å². The average molecular weight is 261 g/mol. The highest BCUT2D eigenvalue weighted by molar-refractivity contribution is 5.15. The first-order valence-corrected chi connectivity index (χ1v) is 6.94. The Bertz CT molecular complexity index is 376. The van der Waals surface area contributed by atoms with Crippen molar-refractivity contribution in [2.45, 2.75) is 31.5 Å². The van der Waals surface area contributed by atoms with Crippen molar-refractivity contribution in [3.8, 4) is 0 Å². The Morgan fingerprint density at radius 1 is 1.37 bits per heavy atom. The van der Waals surface area contributed by atoms with Gasteiger partial charge < -0.3 is 9.84 Å². The van der Waals surface area contributed by atoms with Gasteiger partial charge in [0.2, 0.25) is 0 Å². The van der Waals surface area contributed by atoms with Crippen molar-refractivity contribution in [3.05, 3.63) is 48.6 Å². The maximum absolute atomic E-state index is 10.00. The van der Waals surface area contributed by atoms with Crippen LogP contribution in [0.4, 0.5) is 0 Å². The van der Waals surface area contributed by atoms with Crippen molar-refractivity contribution >= 4 is 0 Å². The van der Waals surface area contributed by atoms with E-state index in [-0.39, 0.29) is 0 Å². The van der Waals surface area contributed by atoms with Crippen molar-refractivity contribution in [2.75, 3.05) is 19.8 Å². The molecule has 0 saturated heterocycles. The molecule has 0 amide bonds. The molecule has 104 valence electrons. The molecule has 19 heavy (non-hydrogen) atoms. The lowest BCUT2D eigenvalue weighted by Crippen LogP contribution is -2.36. The molecule has 1 N–H and O–H groups in total. The summed E-state index contributed by atoms with van der Waals surface area (Å²) in [5, 5.41) is 10.00. The number of hydrogen-bond donors (Lipinski definition) is 1. The molecule has 1 aromatic rings. The molecule has 1 aliphatic carbocycles. The van der Waals surface area contributed by atoms with E-state index in [9.17, 15) is 5.11 Å². The molecule has 0 bridgehead atoms. The summed E-state index contributed by atoms with van der Waals surface area (Å²) in [4.78, 5) is 2.36. The van der Waals surface area contributed by atoms with Crippen molar-refractivity contribution in [2.24, 2.45) is 0 Å². The summed E-state index contributed by atoms with van der Waals surface area (Å²) in [6, 6.07) is 11.1. The molecule has 0 spiro atoms. The Labute approximate surface area is 115 Å². The van der Waals surface area contributed by atoms with E-state index in [0.717, 1.165) is 6.54 Å². The highest BCUT2D eigenvalue weighted by Gasteiger charge is 2.30. The molecule has 2 rings (SSSR count). The quantitative estimate of drug-likeness (QED) is 0.546. The van der Waals surface area contributed by atoms with E-state index < -0.39 is 6.10 Å². The first-order valence-electron chi connectivity index (χ1n) is 6.94. The van der Waals surface area contributed by atoms with Gasteiger partial charge >= 0.3 is 0 Å². The molecule has 0 radical (unpaired) electrons. The second-order valence-corrected chi connectivity index (χ2v) is 5.13. The van der Waals surface area contributed by atoms with Crippen molar-refractivity contribution in [1.29, 1.82) is 0 Å². The molecule has 0 unspecified atom stereocenters. The fourth-order valence-electron chi connectivity index (χ4n) is 2.21. The zero-order chi connectivity index (χ0) is 13.5. The lowest BCUT2D eigenvalue weighted by Gasteiger charge is -2.25. The predicted molar refractivity (Wildman–Crippen MR) is 76.9 cm³/mol. The minimum Gasteiger partial charge on any atom is -0.389 e. The van der Waals surface area contributed by atoms with E-state index in [4.69, 9.17) is 4.74 Å². The van der Waals surface area contributed by atoms with Crippen molar-refractivity contribution in [1.82, 2.24) is 4.90 Å². The summed E-state index contributed by atoms with van der Waals surface area (Å²) in [5.41, 5.74) is 1.30. The summed E-state index contributed by atoms with van der Waals surface area (Å²) in [5.74, 6) is 0. The van der Waals surface area contributed by atoms with Gasteiger partial charge in [0, 0.05) is 19.1 Å². The first kappa shape index (κ1) is 14.3. The fraction of sp³-hybridized carbons (Fsp3) is 0.500. The molecule has 1 aliphatic rings. The monoisotopic (exact) mass is 261 g/mol. The summed E-state index contributed by atoms with van der Waals surface area (Å²) in [6.45, 7) is 6.06. The molecule has 1 aromatic carbocycles. The smallest absolute Gasteiger partial charge is 0.0900 e. The lowest BCUT2D eigenvalue weighted by atomic mass is 10.2. The Morgan fingerprint density at radius 3 is 2.74 bits per heavy atom. The molecule has 0 aromatic heterocycles. The number of aliphatic hydroxyl groups excluding tert-OH is 1. The topological polar surface area (TPSA) is 32.7 Å². The molecular formula is C16H23NO2. The van der Waals surface area contributed by atoms with Crippen LogP contribution in [0.2, 0.25) is 0 Å². The summed E-state index contributed by atoms with van der Waals surface area (Å²) >= 11 is 0. The van der Waals surface area contributed by atoms with Gasteiger partial charge in [-0.05, 0) is 18.4 Å². The number of benzene rings is 1. The third-order valence-corrected chi connectivity index (χ3v) is 3.28. The van der Waals surface area contributed by atoms with Crippen LogP contribution in [0, 0.1) is 0 Å². The summed E-state index contributed by atoms with van der Waals surface area (Å²) in [7, 11) is 0. The Balaban J connectivity index is 1.81. The summed E-state index contributed by atoms with van der Waals surface area (Å²) < 4.78 is 5.30. The molecule has 0 heterocycles. The average Bonchev–Trinajstić information content (AvgIpc) is 3.24. The molecule has 1 fully saturated rings. The van der Waals surface area contributed by atoms with Gasteiger partial charge in [0.15, 0.2) is 0 Å². The van der Waals surface area contributed by atoms with Crippen LogP contribution in [0.25, 0.3) is 0 Å². The maximum Gasteiger partial charge on any atom is 0.0900 e. The number of rotatable bonds is 9. The normalized spacial score (nSPS) is 16.5. The minimum absolute atomic E-state index is 0.379. The van der Waals surface area contributed by atoms with E-state index in [1.807, 2.05) is 6.07 Å². The standard InChI is InChI=1S/C16H23NO2/c1-2-10-19-13-16(18)12-17(15-8-9-15)11-14-6-4-3-5-7-14/h2-7,15-16,18H,1,8-13H2/t16-/m1/s1. The molecule has 0 aliphatic heterocycles. The van der Waals surface area contributed by atoms with Gasteiger partial charge in [-0.25, -0.2) is 0 Å². The molecular weight excluding hydrogens is 238 g/mol. The second kappa shape index (κ2) is 7.43. The van der Waals surface area contributed by atoms with Gasteiger partial charge in [-0.3, -0.25) is 4.90 Å². The van der Waals surface area contributed by atoms with Crippen LogP contribution in [0.3, 0.4) is 0 Å². The molecule has 3 heteroatoms. The molecule has 1 atom stereocenters. The Morgan fingerprint density at radius 2 is 2.11 bits per heavy atom. The number of nitrogens with zero attached hydrogens (tertiary/aromatic N) is 1. The van der Waals surface area contributed by atoms with E-state index in [2.05, 4.69) is 35.7 Å². The van der Waals surface area contributed by atoms with Crippen LogP contribution in [0.5, 0.6) is 0 Å². The second-order valence-electron chi connectivity index (χ2n) is 5.13. The van der Waals surface area contributed by atoms with E-state index in [0.29, 0.717) is 25.8 Å². The van der Waals surface area contributed by atoms with Crippen LogP contribution < -0.4 is 0 Å². The Kier molecular flexibility index (Phi) is 5.58. The lowest BCUT2D eigenvalue weighted by molar-refractivity contribution is 0.0228. The van der Waals surface area contributed by atoms with Crippen LogP contribution in [-0.4, -0.2) is 41.9 Å². The van der Waals surface area contributed by atoms with Gasteiger partial charge in [0.25, 0.3) is 0 Å². The SMILES string of the molecule is C=CCOC[C@H](O)CN(Cc1ccccc1)C1CC1. The Hall–Kier alpha value is -1.16. The van der Waals surface area contributed by atoms with E-state index in [1.165, 1.54) is 18.4 Å². The third kappa shape index (κ3) is 5.15. The minimum atomic E-state index is -0.427. The van der Waals surface area contributed by atoms with Gasteiger partial charge in [-0.15, -0.1) is 6.58 Å². The largest absolute Gasteiger partial charge is 0.389 e. The van der Waals surface area contributed by atoms with Crippen LogP contribution in [0.1, 0.15) is 18.4 Å². The van der Waals surface area contributed by atoms with Crippen molar-refractivity contribution < 1.29 is 9.84 Å². The number of ether oxygens (including phenoxy) is 1. The zero-order valence-corrected chi connectivity index (χ0v) is 11.4. The van der Waals surface area contributed by atoms with Crippen molar-refractivity contribution in [3.63, 3.8) is 0 Å². The van der Waals surface area contributed by atoms with E-state index >= 15 is 0 Å². The van der Waals surface area contributed by atoms with Gasteiger partial charge in [-0.2, -0.15) is 0 Å². The number of hydrogen-bond acceptors (Lipinski definition) is 3. The highest BCUT2D eigenvalue weighted by Crippen LogP contribution is 2.28. The maximum atomic E-state index is 10.00. The molecule has 3 nitrogen and oxygen atoms in total. The third-order valence-electron chi connectivity index (χ3n) is 3.28. The highest BCUT2D eigenvalue weighted by atomic mass is 16.5. The van der Waals surface area contributed by atoms with Gasteiger partial charge in [-0.1, -0.05) is 36.4 Å². The fourth-order valence-corrected chi connectivity index (χ4v) is 2.21. The number of aliphatic hydroxyl groups is 1. The van der Waals surface area contributed by atoms with Crippen LogP contribution >= 0.6 is 0 Å². The molecule has 1 saturated carbocycles. The summed E-state index contributed by atoms with van der Waals surface area (Å²) in [6.07, 6.45) is 3.76. The van der Waals surface area contributed by atoms with Crippen LogP contribution in [0.15, 0.2) is 43.0 Å². The zero-order valence-electron chi connectivity index (χ0n) is 11.4. The predicted octanol–water partition coefficient (Wildman–Crippen LogP) is 2.21.